The summed E-state index contributed by atoms with van der Waals surface area (Å²) < 4.78 is 1.55. The van der Waals surface area contributed by atoms with Gasteiger partial charge in [-0.3, -0.25) is 4.79 Å². The van der Waals surface area contributed by atoms with E-state index in [1.54, 1.807) is 10.7 Å². The molecule has 0 radical (unpaired) electrons. The fourth-order valence-corrected chi connectivity index (χ4v) is 3.66. The van der Waals surface area contributed by atoms with Gasteiger partial charge in [-0.05, 0) is 47.5 Å². The summed E-state index contributed by atoms with van der Waals surface area (Å²) in [6.45, 7) is 3.77. The Morgan fingerprint density at radius 3 is 2.33 bits per heavy atom. The third-order valence-electron chi connectivity index (χ3n) is 4.99. The Hall–Kier alpha value is -4.13. The van der Waals surface area contributed by atoms with E-state index in [0.717, 1.165) is 38.5 Å². The number of fused-ring (bicyclic) bond motifs is 3. The highest BCUT2D eigenvalue weighted by Gasteiger charge is 2.14. The van der Waals surface area contributed by atoms with Crippen LogP contribution in [0.3, 0.4) is 0 Å². The average molecular weight is 394 g/mol. The summed E-state index contributed by atoms with van der Waals surface area (Å²) in [4.78, 5) is 21.1. The molecule has 2 heterocycles. The molecular weight excluding hydrogens is 376 g/mol. The molecule has 0 aliphatic rings. The zero-order chi connectivity index (χ0) is 20.7. The summed E-state index contributed by atoms with van der Waals surface area (Å²) in [6.07, 6.45) is 1.67. The van der Waals surface area contributed by atoms with Crippen LogP contribution in [0.4, 0.5) is 0 Å². The molecule has 0 saturated heterocycles. The maximum absolute atomic E-state index is 12.5. The number of benzene rings is 3. The number of rotatable bonds is 3. The molecule has 0 atom stereocenters. The molecule has 1 amide bonds. The summed E-state index contributed by atoms with van der Waals surface area (Å²) >= 11 is 0. The molecule has 0 aliphatic carbocycles. The first-order valence-corrected chi connectivity index (χ1v) is 9.55. The summed E-state index contributed by atoms with van der Waals surface area (Å²) in [5, 5.41) is 12.8. The van der Waals surface area contributed by atoms with Gasteiger partial charge in [0.15, 0.2) is 0 Å². The lowest BCUT2D eigenvalue weighted by molar-refractivity contribution is 0.0945. The van der Waals surface area contributed by atoms with Crippen molar-refractivity contribution < 1.29 is 4.79 Å². The van der Waals surface area contributed by atoms with Gasteiger partial charge in [-0.2, -0.15) is 10.1 Å². The van der Waals surface area contributed by atoms with E-state index in [1.807, 2.05) is 56.3 Å². The fourth-order valence-electron chi connectivity index (χ4n) is 3.66. The lowest BCUT2D eigenvalue weighted by Crippen LogP contribution is -2.19. The number of hydrazone groups is 1. The number of carbonyl (C=O) groups excluding carboxylic acids is 1. The van der Waals surface area contributed by atoms with E-state index >= 15 is 0 Å². The number of aryl methyl sites for hydroxylation is 2. The third-order valence-corrected chi connectivity index (χ3v) is 4.99. The van der Waals surface area contributed by atoms with Crippen molar-refractivity contribution in [3.05, 3.63) is 83.4 Å². The van der Waals surface area contributed by atoms with Crippen LogP contribution in [0.2, 0.25) is 0 Å². The van der Waals surface area contributed by atoms with Crippen LogP contribution in [0.1, 0.15) is 27.6 Å². The van der Waals surface area contributed by atoms with Crippen molar-refractivity contribution in [2.75, 3.05) is 0 Å². The molecule has 0 unspecified atom stereocenters. The van der Waals surface area contributed by atoms with Crippen molar-refractivity contribution in [1.29, 1.82) is 0 Å². The van der Waals surface area contributed by atoms with E-state index in [2.05, 4.69) is 43.8 Å². The molecule has 2 aromatic heterocycles. The molecule has 30 heavy (non-hydrogen) atoms. The van der Waals surface area contributed by atoms with Gasteiger partial charge in [0.2, 0.25) is 5.82 Å². The molecule has 146 valence electrons. The topological polar surface area (TPSA) is 84.5 Å². The SMILES string of the molecule is Cc1cc(C)n2nc(C(=O)N/N=C\c3c4ccccc4cc4ccccc34)nc2n1. The largest absolute Gasteiger partial charge is 0.311 e. The first kappa shape index (κ1) is 17.9. The van der Waals surface area contributed by atoms with Gasteiger partial charge in [0.25, 0.3) is 5.78 Å². The molecular formula is C23H18N6O. The zero-order valence-corrected chi connectivity index (χ0v) is 16.5. The average Bonchev–Trinajstić information content (AvgIpc) is 3.17. The van der Waals surface area contributed by atoms with Crippen LogP contribution in [0.15, 0.2) is 65.8 Å². The first-order valence-electron chi connectivity index (χ1n) is 9.55. The fraction of sp³-hybridized carbons (Fsp3) is 0.0870. The summed E-state index contributed by atoms with van der Waals surface area (Å²) in [7, 11) is 0. The Morgan fingerprint density at radius 1 is 0.967 bits per heavy atom. The van der Waals surface area contributed by atoms with Crippen LogP contribution in [0.25, 0.3) is 27.3 Å². The molecule has 0 spiro atoms. The summed E-state index contributed by atoms with van der Waals surface area (Å²) in [6, 6.07) is 20.3. The molecule has 0 aliphatic heterocycles. The Morgan fingerprint density at radius 2 is 1.63 bits per heavy atom. The molecule has 0 fully saturated rings. The van der Waals surface area contributed by atoms with Crippen LogP contribution < -0.4 is 5.43 Å². The van der Waals surface area contributed by atoms with Gasteiger partial charge < -0.3 is 0 Å². The quantitative estimate of drug-likeness (QED) is 0.286. The smallest absolute Gasteiger partial charge is 0.264 e. The molecule has 3 aromatic carbocycles. The highest BCUT2D eigenvalue weighted by Crippen LogP contribution is 2.27. The molecule has 7 heteroatoms. The van der Waals surface area contributed by atoms with Crippen molar-refractivity contribution in [2.45, 2.75) is 13.8 Å². The number of aromatic nitrogens is 4. The second kappa shape index (κ2) is 7.04. The molecule has 7 nitrogen and oxygen atoms in total. The van der Waals surface area contributed by atoms with E-state index in [4.69, 9.17) is 0 Å². The van der Waals surface area contributed by atoms with Gasteiger partial charge in [-0.1, -0.05) is 48.5 Å². The van der Waals surface area contributed by atoms with Gasteiger partial charge in [-0.15, -0.1) is 5.10 Å². The highest BCUT2D eigenvalue weighted by molar-refractivity contribution is 6.13. The monoisotopic (exact) mass is 394 g/mol. The summed E-state index contributed by atoms with van der Waals surface area (Å²) in [5.41, 5.74) is 5.16. The van der Waals surface area contributed by atoms with Crippen molar-refractivity contribution in [3.8, 4) is 0 Å². The van der Waals surface area contributed by atoms with E-state index in [0.29, 0.717) is 5.78 Å². The second-order valence-corrected chi connectivity index (χ2v) is 7.12. The Labute approximate surface area is 172 Å². The Kier molecular flexibility index (Phi) is 4.21. The van der Waals surface area contributed by atoms with E-state index in [1.165, 1.54) is 0 Å². The van der Waals surface area contributed by atoms with Crippen LogP contribution in [0, 0.1) is 13.8 Å². The van der Waals surface area contributed by atoms with Crippen molar-refractivity contribution in [3.63, 3.8) is 0 Å². The summed E-state index contributed by atoms with van der Waals surface area (Å²) in [5.74, 6) is -0.0730. The van der Waals surface area contributed by atoms with Gasteiger partial charge in [0.1, 0.15) is 0 Å². The van der Waals surface area contributed by atoms with Crippen LogP contribution in [-0.2, 0) is 0 Å². The van der Waals surface area contributed by atoms with Crippen molar-refractivity contribution >= 4 is 39.4 Å². The van der Waals surface area contributed by atoms with E-state index in [-0.39, 0.29) is 5.82 Å². The number of hydrogen-bond acceptors (Lipinski definition) is 5. The van der Waals surface area contributed by atoms with Crippen LogP contribution in [-0.4, -0.2) is 31.7 Å². The maximum Gasteiger partial charge on any atom is 0.311 e. The number of hydrogen-bond donors (Lipinski definition) is 1. The van der Waals surface area contributed by atoms with Gasteiger partial charge in [0, 0.05) is 17.0 Å². The molecule has 1 N–H and O–H groups in total. The normalized spacial score (nSPS) is 11.7. The Balaban J connectivity index is 1.49. The number of nitrogens with zero attached hydrogens (tertiary/aromatic N) is 5. The van der Waals surface area contributed by atoms with Gasteiger partial charge >= 0.3 is 5.91 Å². The third kappa shape index (κ3) is 3.06. The minimum atomic E-state index is -0.488. The second-order valence-electron chi connectivity index (χ2n) is 7.12. The van der Waals surface area contributed by atoms with Crippen molar-refractivity contribution in [2.24, 2.45) is 5.10 Å². The predicted octanol–water partition coefficient (Wildman–Crippen LogP) is 3.81. The lowest BCUT2D eigenvalue weighted by Gasteiger charge is -2.07. The number of amides is 1. The molecule has 5 aromatic rings. The van der Waals surface area contributed by atoms with E-state index < -0.39 is 5.91 Å². The molecule has 0 saturated carbocycles. The zero-order valence-electron chi connectivity index (χ0n) is 16.5. The van der Waals surface area contributed by atoms with Crippen LogP contribution in [0.5, 0.6) is 0 Å². The standard InChI is InChI=1S/C23H18N6O/c1-14-11-15(2)29-23(25-14)26-21(28-29)22(30)27-24-13-20-18-9-5-3-7-16(18)12-17-8-4-6-10-19(17)20/h3-13H,1-2H3,(H,27,30)/b24-13-. The maximum atomic E-state index is 12.5. The minimum Gasteiger partial charge on any atom is -0.264 e. The molecule has 5 rings (SSSR count). The first-order chi connectivity index (χ1) is 14.6. The van der Waals surface area contributed by atoms with Crippen molar-refractivity contribution in [1.82, 2.24) is 25.0 Å². The van der Waals surface area contributed by atoms with E-state index in [9.17, 15) is 4.79 Å². The molecule has 0 bridgehead atoms. The van der Waals surface area contributed by atoms with Gasteiger partial charge in [0.05, 0.1) is 6.21 Å². The highest BCUT2D eigenvalue weighted by atomic mass is 16.2. The number of nitrogens with one attached hydrogen (secondary N) is 1. The minimum absolute atomic E-state index is 0.0242. The van der Waals surface area contributed by atoms with Crippen LogP contribution >= 0.6 is 0 Å². The van der Waals surface area contributed by atoms with Gasteiger partial charge in [-0.25, -0.2) is 14.9 Å². The Bertz CT molecular complexity index is 1410. The lowest BCUT2D eigenvalue weighted by atomic mass is 9.97. The predicted molar refractivity (Wildman–Crippen MR) is 117 cm³/mol. The number of carbonyl (C=O) groups is 1.